The highest BCUT2D eigenvalue weighted by atomic mass is 15.0. The molecule has 1 aromatic carbocycles. The van der Waals surface area contributed by atoms with Gasteiger partial charge in [-0.2, -0.15) is 0 Å². The molecule has 5 heteroatoms. The molecule has 4 nitrogen and oxygen atoms in total. The predicted molar refractivity (Wildman–Crippen MR) is 137 cm³/mol. The lowest BCUT2D eigenvalue weighted by Crippen LogP contribution is -2.79. The molecule has 1 aliphatic rings. The summed E-state index contributed by atoms with van der Waals surface area (Å²) in [7, 11) is 0. The van der Waals surface area contributed by atoms with E-state index >= 15 is 0 Å². The molecular weight excluding hydrogens is 415 g/mol. The van der Waals surface area contributed by atoms with Crippen LogP contribution in [-0.4, -0.2) is 21.2 Å². The van der Waals surface area contributed by atoms with Crippen LogP contribution in [0.25, 0.3) is 11.0 Å². The van der Waals surface area contributed by atoms with Crippen LogP contribution in [0.15, 0.2) is 122 Å². The van der Waals surface area contributed by atoms with Crippen molar-refractivity contribution in [1.82, 2.24) is 15.0 Å². The maximum absolute atomic E-state index is 4.93. The molecule has 0 fully saturated rings. The summed E-state index contributed by atoms with van der Waals surface area (Å²) in [6.45, 7) is 2.12. The lowest BCUT2D eigenvalue weighted by Gasteiger charge is -2.33. The Hall–Kier alpha value is -4.38. The maximum atomic E-state index is 4.93. The number of rotatable bonds is 4. The van der Waals surface area contributed by atoms with Crippen molar-refractivity contribution in [3.63, 3.8) is 0 Å². The average molecular weight is 438 g/mol. The summed E-state index contributed by atoms with van der Waals surface area (Å²) < 4.78 is 2.36. The van der Waals surface area contributed by atoms with Crippen molar-refractivity contribution in [2.45, 2.75) is 6.92 Å². The van der Waals surface area contributed by atoms with Crippen LogP contribution in [0.3, 0.4) is 0 Å². The van der Waals surface area contributed by atoms with Gasteiger partial charge in [0.05, 0.1) is 0 Å². The molecule has 0 saturated carbocycles. The van der Waals surface area contributed by atoms with Crippen LogP contribution >= 0.6 is 0 Å². The highest BCUT2D eigenvalue weighted by Crippen LogP contribution is 2.39. The molecule has 162 valence electrons. The van der Waals surface area contributed by atoms with Crippen LogP contribution in [0.4, 0.5) is 0 Å². The standard InChI is InChI=1S/C29H23BN4/c1-22-14-16-23(17-15-22)28-25-11-5-9-21-34(25)30(26-12-3-7-19-32-26,27-13-4-8-20-33-27)29(28)24-10-2-6-18-31-24/h2-21H,1H3. The lowest BCUT2D eigenvalue weighted by atomic mass is 9.26. The van der Waals surface area contributed by atoms with Crippen LogP contribution < -0.4 is 15.7 Å². The summed E-state index contributed by atoms with van der Waals surface area (Å²) in [4.78, 5) is 14.7. The van der Waals surface area contributed by atoms with Crippen molar-refractivity contribution >= 4 is 28.5 Å². The number of fused-ring (bicyclic) bond motifs is 1. The third-order valence-corrected chi connectivity index (χ3v) is 6.76. The van der Waals surface area contributed by atoms with Gasteiger partial charge in [-0.05, 0) is 54.0 Å². The first kappa shape index (κ1) is 20.2. The summed E-state index contributed by atoms with van der Waals surface area (Å²) in [5.74, 6) is 0. The second kappa shape index (κ2) is 8.20. The van der Waals surface area contributed by atoms with E-state index < -0.39 is 6.28 Å². The minimum absolute atomic E-state index is 0.929. The zero-order valence-corrected chi connectivity index (χ0v) is 18.9. The highest BCUT2D eigenvalue weighted by molar-refractivity contribution is 7.10. The van der Waals surface area contributed by atoms with Gasteiger partial charge in [0.25, 0.3) is 0 Å². The maximum Gasteiger partial charge on any atom is 0.397 e. The lowest BCUT2D eigenvalue weighted by molar-refractivity contribution is -0.539. The third-order valence-electron chi connectivity index (χ3n) is 6.76. The Kier molecular flexibility index (Phi) is 4.88. The number of hydrogen-bond donors (Lipinski definition) is 0. The fraction of sp³-hybridized carbons (Fsp3) is 0.0345. The molecule has 5 aromatic rings. The fourth-order valence-electron chi connectivity index (χ4n) is 5.36. The molecule has 0 saturated heterocycles. The van der Waals surface area contributed by atoms with E-state index in [1.807, 2.05) is 42.9 Å². The van der Waals surface area contributed by atoms with Gasteiger partial charge in [0.1, 0.15) is 6.20 Å². The number of pyridine rings is 4. The van der Waals surface area contributed by atoms with Gasteiger partial charge in [-0.3, -0.25) is 15.0 Å². The third kappa shape index (κ3) is 3.01. The predicted octanol–water partition coefficient (Wildman–Crippen LogP) is 3.59. The fourth-order valence-corrected chi connectivity index (χ4v) is 5.36. The number of aryl methyl sites for hydroxylation is 1. The van der Waals surface area contributed by atoms with Gasteiger partial charge in [0, 0.05) is 35.9 Å². The van der Waals surface area contributed by atoms with E-state index in [-0.39, 0.29) is 0 Å². The molecule has 0 amide bonds. The first-order valence-corrected chi connectivity index (χ1v) is 11.5. The number of aromatic nitrogens is 4. The topological polar surface area (TPSA) is 42.6 Å². The molecule has 0 atom stereocenters. The van der Waals surface area contributed by atoms with Crippen LogP contribution in [0.5, 0.6) is 0 Å². The van der Waals surface area contributed by atoms with E-state index in [0.29, 0.717) is 0 Å². The Labute approximate surface area is 199 Å². The Morgan fingerprint density at radius 1 is 0.618 bits per heavy atom. The van der Waals surface area contributed by atoms with Crippen LogP contribution in [-0.2, 0) is 0 Å². The van der Waals surface area contributed by atoms with Gasteiger partial charge in [0.15, 0.2) is 5.69 Å². The molecule has 0 radical (unpaired) electrons. The van der Waals surface area contributed by atoms with Crippen molar-refractivity contribution in [2.24, 2.45) is 0 Å². The molecule has 34 heavy (non-hydrogen) atoms. The minimum Gasteiger partial charge on any atom is -0.406 e. The van der Waals surface area contributed by atoms with E-state index in [0.717, 1.165) is 39.2 Å². The number of benzene rings is 1. The molecule has 1 aliphatic heterocycles. The van der Waals surface area contributed by atoms with Gasteiger partial charge < -0.3 is 4.48 Å². The first-order chi connectivity index (χ1) is 16.8. The Morgan fingerprint density at radius 3 is 1.82 bits per heavy atom. The zero-order chi connectivity index (χ0) is 23.0. The molecule has 0 aliphatic carbocycles. The first-order valence-electron chi connectivity index (χ1n) is 11.5. The summed E-state index contributed by atoms with van der Waals surface area (Å²) in [5, 5.41) is 0. The SMILES string of the molecule is Cc1ccc(C2=C(c3ccccn3)[B-](c3ccccn3)(c3ccccn3)[n+]3ccccc32)cc1. The van der Waals surface area contributed by atoms with Crippen molar-refractivity contribution in [3.05, 3.63) is 144 Å². The van der Waals surface area contributed by atoms with Crippen LogP contribution in [0.1, 0.15) is 22.5 Å². The van der Waals surface area contributed by atoms with Gasteiger partial charge in [-0.1, -0.05) is 71.7 Å². The molecule has 5 heterocycles. The Bertz CT molecular complexity index is 1440. The van der Waals surface area contributed by atoms with E-state index in [9.17, 15) is 0 Å². The summed E-state index contributed by atoms with van der Waals surface area (Å²) in [5.41, 5.74) is 8.66. The largest absolute Gasteiger partial charge is 0.406 e. The quantitative estimate of drug-likeness (QED) is 0.403. The van der Waals surface area contributed by atoms with Crippen LogP contribution in [0, 0.1) is 6.92 Å². The summed E-state index contributed by atoms with van der Waals surface area (Å²) in [6, 6.07) is 33.5. The van der Waals surface area contributed by atoms with Crippen molar-refractivity contribution in [3.8, 4) is 0 Å². The van der Waals surface area contributed by atoms with Gasteiger partial charge >= 0.3 is 6.28 Å². The molecule has 6 rings (SSSR count). The summed E-state index contributed by atoms with van der Waals surface area (Å²) in [6.07, 6.45) is 6.00. The van der Waals surface area contributed by atoms with E-state index in [2.05, 4.69) is 90.4 Å². The van der Waals surface area contributed by atoms with Gasteiger partial charge in [-0.25, -0.2) is 0 Å². The molecule has 0 N–H and O–H groups in total. The molecule has 0 spiro atoms. The molecular formula is C29H23BN4. The second-order valence-corrected chi connectivity index (χ2v) is 8.69. The number of nitrogens with zero attached hydrogens (tertiary/aromatic N) is 4. The normalized spacial score (nSPS) is 14.1. The molecule has 4 aromatic heterocycles. The molecule has 0 unspecified atom stereocenters. The average Bonchev–Trinajstić information content (AvgIpc) is 3.23. The van der Waals surface area contributed by atoms with Crippen molar-refractivity contribution in [2.75, 3.05) is 0 Å². The van der Waals surface area contributed by atoms with Gasteiger partial charge in [0.2, 0.25) is 0 Å². The van der Waals surface area contributed by atoms with Gasteiger partial charge in [-0.15, -0.1) is 0 Å². The second-order valence-electron chi connectivity index (χ2n) is 8.69. The smallest absolute Gasteiger partial charge is 0.397 e. The summed E-state index contributed by atoms with van der Waals surface area (Å²) >= 11 is 0. The molecule has 0 bridgehead atoms. The van der Waals surface area contributed by atoms with E-state index in [1.165, 1.54) is 5.56 Å². The van der Waals surface area contributed by atoms with E-state index in [1.54, 1.807) is 0 Å². The van der Waals surface area contributed by atoms with Crippen molar-refractivity contribution in [1.29, 1.82) is 0 Å². The van der Waals surface area contributed by atoms with Crippen LogP contribution in [0.2, 0.25) is 0 Å². The number of hydrogen-bond acceptors (Lipinski definition) is 3. The Balaban J connectivity index is 1.83. The highest BCUT2D eigenvalue weighted by Gasteiger charge is 2.54. The monoisotopic (exact) mass is 438 g/mol. The Morgan fingerprint density at radius 2 is 1.24 bits per heavy atom. The zero-order valence-electron chi connectivity index (χ0n) is 18.9. The minimum atomic E-state index is -1.75. The van der Waals surface area contributed by atoms with Crippen molar-refractivity contribution < 1.29 is 4.48 Å². The van der Waals surface area contributed by atoms with E-state index in [4.69, 9.17) is 15.0 Å².